The smallest absolute Gasteiger partial charge is 0.270 e. The normalized spacial score (nSPS) is 15.9. The summed E-state index contributed by atoms with van der Waals surface area (Å²) in [6.45, 7) is 3.05. The van der Waals surface area contributed by atoms with Gasteiger partial charge in [-0.15, -0.1) is 0 Å². The van der Waals surface area contributed by atoms with Crippen LogP contribution in [0.25, 0.3) is 22.1 Å². The van der Waals surface area contributed by atoms with E-state index in [1.165, 1.54) is 6.20 Å². The van der Waals surface area contributed by atoms with Crippen LogP contribution in [-0.2, 0) is 13.1 Å². The van der Waals surface area contributed by atoms with Gasteiger partial charge in [0.05, 0.1) is 18.2 Å². The van der Waals surface area contributed by atoms with Gasteiger partial charge >= 0.3 is 0 Å². The van der Waals surface area contributed by atoms with Gasteiger partial charge in [-0.25, -0.2) is 15.0 Å². The van der Waals surface area contributed by atoms with E-state index in [4.69, 9.17) is 0 Å². The van der Waals surface area contributed by atoms with Crippen LogP contribution in [0.15, 0.2) is 49.1 Å². The molecule has 0 saturated heterocycles. The molecule has 11 nitrogen and oxygen atoms in total. The van der Waals surface area contributed by atoms with Crippen molar-refractivity contribution in [1.82, 2.24) is 44.9 Å². The Labute approximate surface area is 193 Å². The minimum atomic E-state index is -0.324. The first-order valence-corrected chi connectivity index (χ1v) is 10.9. The summed E-state index contributed by atoms with van der Waals surface area (Å²) in [5.74, 6) is 0.327. The van der Waals surface area contributed by atoms with Crippen molar-refractivity contribution in [1.29, 1.82) is 0 Å². The van der Waals surface area contributed by atoms with E-state index in [1.54, 1.807) is 29.4 Å². The zero-order chi connectivity index (χ0) is 23.2. The van der Waals surface area contributed by atoms with Gasteiger partial charge in [0.15, 0.2) is 5.65 Å². The molecule has 0 aliphatic carbocycles. The van der Waals surface area contributed by atoms with Gasteiger partial charge in [-0.05, 0) is 31.2 Å². The van der Waals surface area contributed by atoms with E-state index >= 15 is 0 Å². The van der Waals surface area contributed by atoms with Gasteiger partial charge in [0, 0.05) is 54.3 Å². The molecule has 11 heteroatoms. The summed E-state index contributed by atoms with van der Waals surface area (Å²) in [4.78, 5) is 44.3. The fourth-order valence-electron chi connectivity index (χ4n) is 4.36. The molecule has 0 saturated carbocycles. The van der Waals surface area contributed by atoms with Crippen LogP contribution in [-0.4, -0.2) is 64.0 Å². The Kier molecular flexibility index (Phi) is 4.61. The van der Waals surface area contributed by atoms with Crippen LogP contribution in [0.1, 0.15) is 32.4 Å². The molecule has 5 aromatic rings. The SMILES string of the molecule is Cc1[nH]nc2ncc(C(=O)NC3CN(C(=O)c4cc5cccnc5[nH]4)Cc4nccn4C3)cc12. The predicted molar refractivity (Wildman–Crippen MR) is 123 cm³/mol. The number of nitrogens with zero attached hydrogens (tertiary/aromatic N) is 6. The number of nitrogens with one attached hydrogen (secondary N) is 3. The largest absolute Gasteiger partial charge is 0.346 e. The standard InChI is InChI=1S/C23H21N9O2/c1-13-17-7-15(9-26-21(17)30-29-13)22(33)27-16-10-31-6-5-24-19(31)12-32(11-16)23(34)18-8-14-3-2-4-25-20(14)28-18/h2-9,16H,10-12H2,1H3,(H,25,28)(H,27,33)(H,26,29,30). The molecule has 1 aliphatic rings. The highest BCUT2D eigenvalue weighted by Crippen LogP contribution is 2.19. The van der Waals surface area contributed by atoms with Crippen molar-refractivity contribution < 1.29 is 9.59 Å². The molecule has 3 N–H and O–H groups in total. The summed E-state index contributed by atoms with van der Waals surface area (Å²) in [5.41, 5.74) is 2.95. The number of hydrogen-bond acceptors (Lipinski definition) is 6. The highest BCUT2D eigenvalue weighted by Gasteiger charge is 2.28. The van der Waals surface area contributed by atoms with Crippen LogP contribution in [0.2, 0.25) is 0 Å². The average Bonchev–Trinajstić information content (AvgIpc) is 3.54. The molecule has 170 valence electrons. The molecule has 6 heterocycles. The number of rotatable bonds is 3. The van der Waals surface area contributed by atoms with Crippen molar-refractivity contribution in [3.8, 4) is 0 Å². The lowest BCUT2D eigenvalue weighted by atomic mass is 10.1. The minimum Gasteiger partial charge on any atom is -0.346 e. The van der Waals surface area contributed by atoms with Crippen molar-refractivity contribution in [3.05, 3.63) is 71.8 Å². The molecule has 0 spiro atoms. The van der Waals surface area contributed by atoms with Gasteiger partial charge in [0.1, 0.15) is 17.2 Å². The van der Waals surface area contributed by atoms with E-state index in [1.807, 2.05) is 29.8 Å². The van der Waals surface area contributed by atoms with Crippen molar-refractivity contribution in [2.75, 3.05) is 6.54 Å². The third kappa shape index (κ3) is 3.47. The van der Waals surface area contributed by atoms with Crippen molar-refractivity contribution >= 4 is 33.9 Å². The summed E-state index contributed by atoms with van der Waals surface area (Å²) >= 11 is 0. The Hall–Kier alpha value is -4.54. The quantitative estimate of drug-likeness (QED) is 0.379. The number of aromatic nitrogens is 7. The number of imidazole rings is 1. The number of aromatic amines is 2. The number of H-pyrrole nitrogens is 2. The number of aryl methyl sites for hydroxylation is 1. The molecule has 5 aromatic heterocycles. The maximum Gasteiger partial charge on any atom is 0.270 e. The molecule has 0 radical (unpaired) electrons. The molecule has 0 aromatic carbocycles. The lowest BCUT2D eigenvalue weighted by Gasteiger charge is -2.24. The second-order valence-electron chi connectivity index (χ2n) is 8.42. The molecular weight excluding hydrogens is 434 g/mol. The van der Waals surface area contributed by atoms with Crippen LogP contribution in [0, 0.1) is 6.92 Å². The average molecular weight is 455 g/mol. The third-order valence-corrected chi connectivity index (χ3v) is 6.10. The van der Waals surface area contributed by atoms with Crippen LogP contribution in [0.4, 0.5) is 0 Å². The zero-order valence-electron chi connectivity index (χ0n) is 18.3. The predicted octanol–water partition coefficient (Wildman–Crippen LogP) is 1.79. The van der Waals surface area contributed by atoms with Crippen LogP contribution < -0.4 is 5.32 Å². The number of hydrogen-bond donors (Lipinski definition) is 3. The van der Waals surface area contributed by atoms with Gasteiger partial charge in [-0.1, -0.05) is 0 Å². The van der Waals surface area contributed by atoms with E-state index in [-0.39, 0.29) is 17.9 Å². The Bertz CT molecular complexity index is 1510. The minimum absolute atomic E-state index is 0.175. The zero-order valence-corrected chi connectivity index (χ0v) is 18.3. The molecule has 0 fully saturated rings. The van der Waals surface area contributed by atoms with Crippen LogP contribution in [0.5, 0.6) is 0 Å². The topological polar surface area (TPSA) is 137 Å². The molecule has 6 rings (SSSR count). The highest BCUT2D eigenvalue weighted by atomic mass is 16.2. The number of carbonyl (C=O) groups excluding carboxylic acids is 2. The first-order chi connectivity index (χ1) is 16.5. The Balaban J connectivity index is 1.27. The fraction of sp³-hybridized carbons (Fsp3) is 0.217. The van der Waals surface area contributed by atoms with E-state index in [0.717, 1.165) is 22.3 Å². The van der Waals surface area contributed by atoms with Gasteiger partial charge in [-0.2, -0.15) is 5.10 Å². The molecule has 34 heavy (non-hydrogen) atoms. The van der Waals surface area contributed by atoms with Crippen molar-refractivity contribution in [2.24, 2.45) is 0 Å². The summed E-state index contributed by atoms with van der Waals surface area (Å²) in [6.07, 6.45) is 6.75. The highest BCUT2D eigenvalue weighted by molar-refractivity contribution is 5.98. The van der Waals surface area contributed by atoms with Gasteiger partial charge in [0.25, 0.3) is 11.8 Å². The van der Waals surface area contributed by atoms with E-state index in [9.17, 15) is 9.59 Å². The van der Waals surface area contributed by atoms with Gasteiger partial charge in [0.2, 0.25) is 0 Å². The molecule has 1 aliphatic heterocycles. The molecule has 2 amide bonds. The Morgan fingerprint density at radius 1 is 1.15 bits per heavy atom. The second kappa shape index (κ2) is 7.80. The summed E-state index contributed by atoms with van der Waals surface area (Å²) < 4.78 is 1.96. The molecule has 0 bridgehead atoms. The number of pyridine rings is 2. The van der Waals surface area contributed by atoms with Crippen LogP contribution >= 0.6 is 0 Å². The molecule has 1 unspecified atom stereocenters. The number of fused-ring (bicyclic) bond motifs is 3. The number of amides is 2. The van der Waals surface area contributed by atoms with Gasteiger partial charge < -0.3 is 19.8 Å². The monoisotopic (exact) mass is 455 g/mol. The summed E-state index contributed by atoms with van der Waals surface area (Å²) in [5, 5.41) is 11.7. The van der Waals surface area contributed by atoms with E-state index in [0.29, 0.717) is 42.2 Å². The van der Waals surface area contributed by atoms with Crippen LogP contribution in [0.3, 0.4) is 0 Å². The first kappa shape index (κ1) is 20.1. The fourth-order valence-corrected chi connectivity index (χ4v) is 4.36. The summed E-state index contributed by atoms with van der Waals surface area (Å²) in [6, 6.07) is 6.98. The third-order valence-electron chi connectivity index (χ3n) is 6.10. The Morgan fingerprint density at radius 2 is 2.06 bits per heavy atom. The maximum atomic E-state index is 13.4. The van der Waals surface area contributed by atoms with E-state index < -0.39 is 0 Å². The first-order valence-electron chi connectivity index (χ1n) is 10.9. The van der Waals surface area contributed by atoms with Crippen molar-refractivity contribution in [3.63, 3.8) is 0 Å². The molecular formula is C23H21N9O2. The Morgan fingerprint density at radius 3 is 2.94 bits per heavy atom. The van der Waals surface area contributed by atoms with E-state index in [2.05, 4.69) is 35.5 Å². The second-order valence-corrected chi connectivity index (χ2v) is 8.42. The lowest BCUT2D eigenvalue weighted by Crippen LogP contribution is -2.45. The maximum absolute atomic E-state index is 13.4. The summed E-state index contributed by atoms with van der Waals surface area (Å²) in [7, 11) is 0. The van der Waals surface area contributed by atoms with Gasteiger partial charge in [-0.3, -0.25) is 14.7 Å². The lowest BCUT2D eigenvalue weighted by molar-refractivity contribution is 0.0712. The van der Waals surface area contributed by atoms with Crippen molar-refractivity contribution in [2.45, 2.75) is 26.1 Å². The number of carbonyl (C=O) groups is 2. The molecule has 1 atom stereocenters.